The first-order chi connectivity index (χ1) is 8.09. The Balaban J connectivity index is 2.05. The Kier molecular flexibility index (Phi) is 3.17. The van der Waals surface area contributed by atoms with Crippen molar-refractivity contribution in [1.82, 2.24) is 5.32 Å². The summed E-state index contributed by atoms with van der Waals surface area (Å²) >= 11 is 0. The molecule has 1 unspecified atom stereocenters. The molecule has 2 rings (SSSR count). The molecular weight excluding hydrogens is 218 g/mol. The van der Waals surface area contributed by atoms with Gasteiger partial charge in [0, 0.05) is 0 Å². The largest absolute Gasteiger partial charge is 0.394 e. The van der Waals surface area contributed by atoms with Crippen molar-refractivity contribution >= 4 is 5.91 Å². The molecule has 17 heavy (non-hydrogen) atoms. The van der Waals surface area contributed by atoms with E-state index in [9.17, 15) is 4.79 Å². The molecular formula is C13H17NO3. The van der Waals surface area contributed by atoms with E-state index in [-0.39, 0.29) is 25.0 Å². The first-order valence-corrected chi connectivity index (χ1v) is 5.71. The van der Waals surface area contributed by atoms with E-state index in [0.717, 1.165) is 12.0 Å². The Morgan fingerprint density at radius 3 is 2.65 bits per heavy atom. The number of fused-ring (bicyclic) bond motifs is 1. The zero-order chi connectivity index (χ0) is 12.5. The molecule has 0 fully saturated rings. The average Bonchev–Trinajstić information content (AvgIpc) is 2.30. The van der Waals surface area contributed by atoms with Crippen LogP contribution in [0.5, 0.6) is 0 Å². The Bertz CT molecular complexity index is 426. The maximum atomic E-state index is 12.0. The van der Waals surface area contributed by atoms with Crippen molar-refractivity contribution in [1.29, 1.82) is 0 Å². The summed E-state index contributed by atoms with van der Waals surface area (Å²) in [6.45, 7) is 1.07. The van der Waals surface area contributed by atoms with E-state index in [1.807, 2.05) is 24.3 Å². The molecule has 0 aliphatic heterocycles. The predicted octanol–water partition coefficient (Wildman–Crippen LogP) is 0.186. The third-order valence-corrected chi connectivity index (χ3v) is 3.29. The molecule has 0 heterocycles. The number of aliphatic hydroxyl groups is 2. The topological polar surface area (TPSA) is 69.6 Å². The number of hydrogen-bond acceptors (Lipinski definition) is 3. The summed E-state index contributed by atoms with van der Waals surface area (Å²) in [5.74, 6) is -0.280. The van der Waals surface area contributed by atoms with Crippen molar-refractivity contribution in [2.45, 2.75) is 24.8 Å². The summed E-state index contributed by atoms with van der Waals surface area (Å²) in [5.41, 5.74) is 1.30. The van der Waals surface area contributed by atoms with Crippen LogP contribution in [0.4, 0.5) is 0 Å². The second kappa shape index (κ2) is 4.47. The highest BCUT2D eigenvalue weighted by Gasteiger charge is 2.35. The van der Waals surface area contributed by atoms with Gasteiger partial charge in [-0.25, -0.2) is 0 Å². The molecule has 0 radical (unpaired) electrons. The number of hydrogen-bond donors (Lipinski definition) is 3. The molecule has 0 bridgehead atoms. The van der Waals surface area contributed by atoms with Crippen LogP contribution in [-0.2, 0) is 11.2 Å². The predicted molar refractivity (Wildman–Crippen MR) is 63.6 cm³/mol. The molecule has 0 saturated carbocycles. The highest BCUT2D eigenvalue weighted by molar-refractivity contribution is 5.87. The molecule has 4 heteroatoms. The fraction of sp³-hybridized carbons (Fsp3) is 0.462. The lowest BCUT2D eigenvalue weighted by Crippen LogP contribution is -2.54. The van der Waals surface area contributed by atoms with Gasteiger partial charge in [-0.15, -0.1) is 0 Å². The third kappa shape index (κ3) is 2.18. The maximum Gasteiger partial charge on any atom is 0.228 e. The van der Waals surface area contributed by atoms with Gasteiger partial charge in [0.1, 0.15) is 0 Å². The minimum absolute atomic E-state index is 0.130. The first-order valence-electron chi connectivity index (χ1n) is 5.71. The summed E-state index contributed by atoms with van der Waals surface area (Å²) < 4.78 is 0. The van der Waals surface area contributed by atoms with Crippen molar-refractivity contribution in [3.8, 4) is 0 Å². The van der Waals surface area contributed by atoms with E-state index >= 15 is 0 Å². The second-order valence-corrected chi connectivity index (χ2v) is 4.82. The molecule has 1 aliphatic rings. The van der Waals surface area contributed by atoms with Gasteiger partial charge < -0.3 is 15.5 Å². The maximum absolute atomic E-state index is 12.0. The van der Waals surface area contributed by atoms with Gasteiger partial charge in [-0.3, -0.25) is 4.79 Å². The van der Waals surface area contributed by atoms with Crippen LogP contribution in [0, 0.1) is 0 Å². The van der Waals surface area contributed by atoms with Gasteiger partial charge in [-0.05, 0) is 24.5 Å². The zero-order valence-corrected chi connectivity index (χ0v) is 9.81. The normalized spacial score (nSPS) is 18.2. The molecule has 1 aromatic carbocycles. The third-order valence-electron chi connectivity index (χ3n) is 3.29. The highest BCUT2D eigenvalue weighted by Crippen LogP contribution is 2.35. The summed E-state index contributed by atoms with van der Waals surface area (Å²) in [7, 11) is 0. The number of amides is 1. The molecule has 0 saturated heterocycles. The van der Waals surface area contributed by atoms with Crippen LogP contribution in [0.3, 0.4) is 0 Å². The quantitative estimate of drug-likeness (QED) is 0.697. The zero-order valence-electron chi connectivity index (χ0n) is 9.81. The van der Waals surface area contributed by atoms with Crippen LogP contribution in [-0.4, -0.2) is 34.9 Å². The molecule has 0 aromatic heterocycles. The fourth-order valence-corrected chi connectivity index (χ4v) is 2.01. The van der Waals surface area contributed by atoms with Gasteiger partial charge in [0.15, 0.2) is 0 Å². The average molecular weight is 235 g/mol. The molecule has 92 valence electrons. The molecule has 3 N–H and O–H groups in total. The van der Waals surface area contributed by atoms with Crippen LogP contribution in [0.15, 0.2) is 24.3 Å². The lowest BCUT2D eigenvalue weighted by Gasteiger charge is -2.33. The molecule has 4 nitrogen and oxygen atoms in total. The Labute approximate surface area is 100 Å². The smallest absolute Gasteiger partial charge is 0.228 e. The minimum atomic E-state index is -0.943. The highest BCUT2D eigenvalue weighted by atomic mass is 16.3. The molecule has 1 aromatic rings. The number of carbonyl (C=O) groups excluding carboxylic acids is 1. The van der Waals surface area contributed by atoms with Crippen LogP contribution in [0.25, 0.3) is 0 Å². The van der Waals surface area contributed by atoms with E-state index < -0.39 is 5.54 Å². The number of carbonyl (C=O) groups is 1. The number of aliphatic hydroxyl groups excluding tert-OH is 2. The van der Waals surface area contributed by atoms with Gasteiger partial charge in [0.2, 0.25) is 5.91 Å². The van der Waals surface area contributed by atoms with Crippen molar-refractivity contribution in [3.05, 3.63) is 35.4 Å². The Morgan fingerprint density at radius 1 is 1.41 bits per heavy atom. The van der Waals surface area contributed by atoms with E-state index in [0.29, 0.717) is 0 Å². The summed E-state index contributed by atoms with van der Waals surface area (Å²) in [5, 5.41) is 21.0. The van der Waals surface area contributed by atoms with Gasteiger partial charge >= 0.3 is 0 Å². The summed E-state index contributed by atoms with van der Waals surface area (Å²) in [6, 6.07) is 7.82. The Morgan fingerprint density at radius 2 is 2.06 bits per heavy atom. The van der Waals surface area contributed by atoms with Crippen molar-refractivity contribution < 1.29 is 15.0 Å². The standard InChI is InChI=1S/C13H17NO3/c1-13(7-15,8-16)14-12(17)11-6-9-4-2-3-5-10(9)11/h2-5,11,15-16H,6-8H2,1H3,(H,14,17). The monoisotopic (exact) mass is 235 g/mol. The van der Waals surface area contributed by atoms with Crippen molar-refractivity contribution in [3.63, 3.8) is 0 Å². The lowest BCUT2D eigenvalue weighted by atomic mass is 9.77. The SMILES string of the molecule is CC(CO)(CO)NC(=O)C1Cc2ccccc21. The Hall–Kier alpha value is -1.39. The second-order valence-electron chi connectivity index (χ2n) is 4.82. The van der Waals surface area contributed by atoms with E-state index in [1.165, 1.54) is 5.56 Å². The first kappa shape index (κ1) is 12.1. The van der Waals surface area contributed by atoms with E-state index in [1.54, 1.807) is 6.92 Å². The number of nitrogens with one attached hydrogen (secondary N) is 1. The molecule has 1 amide bonds. The van der Waals surface area contributed by atoms with Crippen LogP contribution < -0.4 is 5.32 Å². The summed E-state index contributed by atoms with van der Waals surface area (Å²) in [4.78, 5) is 12.0. The minimum Gasteiger partial charge on any atom is -0.394 e. The van der Waals surface area contributed by atoms with E-state index in [4.69, 9.17) is 10.2 Å². The van der Waals surface area contributed by atoms with Crippen LogP contribution in [0.2, 0.25) is 0 Å². The fourth-order valence-electron chi connectivity index (χ4n) is 2.01. The number of benzene rings is 1. The van der Waals surface area contributed by atoms with Gasteiger partial charge in [0.25, 0.3) is 0 Å². The van der Waals surface area contributed by atoms with Crippen LogP contribution >= 0.6 is 0 Å². The summed E-state index contributed by atoms with van der Waals surface area (Å²) in [6.07, 6.45) is 0.731. The van der Waals surface area contributed by atoms with Gasteiger partial charge in [0.05, 0.1) is 24.7 Å². The van der Waals surface area contributed by atoms with Crippen molar-refractivity contribution in [2.24, 2.45) is 0 Å². The van der Waals surface area contributed by atoms with Crippen LogP contribution in [0.1, 0.15) is 24.0 Å². The van der Waals surface area contributed by atoms with Gasteiger partial charge in [-0.1, -0.05) is 24.3 Å². The molecule has 1 atom stereocenters. The number of rotatable bonds is 4. The van der Waals surface area contributed by atoms with Gasteiger partial charge in [-0.2, -0.15) is 0 Å². The lowest BCUT2D eigenvalue weighted by molar-refractivity contribution is -0.126. The van der Waals surface area contributed by atoms with Crippen molar-refractivity contribution in [2.75, 3.05) is 13.2 Å². The van der Waals surface area contributed by atoms with E-state index in [2.05, 4.69) is 5.32 Å². The molecule has 0 spiro atoms. The molecule has 1 aliphatic carbocycles.